The molecule has 0 spiro atoms. The minimum absolute atomic E-state index is 0.00669. The third kappa shape index (κ3) is 4.81. The van der Waals surface area contributed by atoms with E-state index in [1.165, 1.54) is 27.3 Å². The molecule has 2 aromatic heterocycles. The lowest BCUT2D eigenvalue weighted by molar-refractivity contribution is -0.116. The number of nitrogens with one attached hydrogen (secondary N) is 1. The minimum atomic E-state index is -2.94. The van der Waals surface area contributed by atoms with Crippen LogP contribution in [-0.2, 0) is 11.3 Å². The van der Waals surface area contributed by atoms with Crippen molar-refractivity contribution in [2.45, 2.75) is 19.6 Å². The van der Waals surface area contributed by atoms with Crippen molar-refractivity contribution in [3.05, 3.63) is 70.8 Å². The summed E-state index contributed by atoms with van der Waals surface area (Å²) in [7, 11) is 0. The standard InChI is InChI=1S/C19H18F2N4O3/c20-18(21)28-15-7-2-1-6-14(15)9-10-17(26)22-11-5-13-25-19(27)24-12-4-3-8-16(24)23-25/h1-4,6-10,12,18H,5,11,13H2,(H,22,26)/b10-9+. The van der Waals surface area contributed by atoms with E-state index in [0.29, 0.717) is 30.7 Å². The summed E-state index contributed by atoms with van der Waals surface area (Å²) in [6, 6.07) is 11.5. The summed E-state index contributed by atoms with van der Waals surface area (Å²) < 4.78 is 32.0. The molecule has 7 nitrogen and oxygen atoms in total. The number of pyridine rings is 1. The molecule has 3 rings (SSSR count). The van der Waals surface area contributed by atoms with Gasteiger partial charge in [-0.3, -0.25) is 9.20 Å². The number of hydrogen-bond acceptors (Lipinski definition) is 4. The Morgan fingerprint density at radius 3 is 2.79 bits per heavy atom. The van der Waals surface area contributed by atoms with Crippen LogP contribution in [0.25, 0.3) is 11.7 Å². The lowest BCUT2D eigenvalue weighted by Crippen LogP contribution is -2.26. The summed E-state index contributed by atoms with van der Waals surface area (Å²) in [6.07, 6.45) is 4.79. The molecule has 1 amide bonds. The highest BCUT2D eigenvalue weighted by Crippen LogP contribution is 2.21. The van der Waals surface area contributed by atoms with Crippen LogP contribution in [0.5, 0.6) is 5.75 Å². The second kappa shape index (κ2) is 8.94. The molecule has 0 aliphatic rings. The fourth-order valence-electron chi connectivity index (χ4n) is 2.60. The molecule has 9 heteroatoms. The topological polar surface area (TPSA) is 77.6 Å². The van der Waals surface area contributed by atoms with Crippen molar-refractivity contribution in [3.8, 4) is 5.75 Å². The summed E-state index contributed by atoms with van der Waals surface area (Å²) in [4.78, 5) is 24.0. The Kier molecular flexibility index (Phi) is 6.15. The van der Waals surface area contributed by atoms with Gasteiger partial charge in [-0.1, -0.05) is 24.3 Å². The summed E-state index contributed by atoms with van der Waals surface area (Å²) >= 11 is 0. The first-order valence-electron chi connectivity index (χ1n) is 8.58. The van der Waals surface area contributed by atoms with Crippen molar-refractivity contribution < 1.29 is 18.3 Å². The molecular weight excluding hydrogens is 370 g/mol. The molecule has 1 aromatic carbocycles. The van der Waals surface area contributed by atoms with Crippen LogP contribution in [0.2, 0.25) is 0 Å². The third-order valence-electron chi connectivity index (χ3n) is 3.88. The van der Waals surface area contributed by atoms with Gasteiger partial charge in [0.15, 0.2) is 5.65 Å². The fraction of sp³-hybridized carbons (Fsp3) is 0.211. The van der Waals surface area contributed by atoms with Crippen LogP contribution in [0, 0.1) is 0 Å². The van der Waals surface area contributed by atoms with E-state index in [2.05, 4.69) is 15.2 Å². The SMILES string of the molecule is O=C(/C=C/c1ccccc1OC(F)F)NCCCn1nc2ccccn2c1=O. The van der Waals surface area contributed by atoms with E-state index in [1.54, 1.807) is 42.6 Å². The Balaban J connectivity index is 1.50. The van der Waals surface area contributed by atoms with E-state index < -0.39 is 6.61 Å². The molecule has 1 N–H and O–H groups in total. The number of nitrogens with zero attached hydrogens (tertiary/aromatic N) is 3. The number of fused-ring (bicyclic) bond motifs is 1. The van der Waals surface area contributed by atoms with Crippen LogP contribution in [0.1, 0.15) is 12.0 Å². The van der Waals surface area contributed by atoms with Crippen molar-refractivity contribution in [2.75, 3.05) is 6.54 Å². The smallest absolute Gasteiger partial charge is 0.387 e. The number of aryl methyl sites for hydroxylation is 1. The number of alkyl halides is 2. The number of rotatable bonds is 8. The second-order valence-corrected chi connectivity index (χ2v) is 5.83. The highest BCUT2D eigenvalue weighted by Gasteiger charge is 2.08. The molecule has 0 fully saturated rings. The van der Waals surface area contributed by atoms with Gasteiger partial charge < -0.3 is 10.1 Å². The molecule has 0 bridgehead atoms. The lowest BCUT2D eigenvalue weighted by Gasteiger charge is -2.07. The highest BCUT2D eigenvalue weighted by atomic mass is 19.3. The van der Waals surface area contributed by atoms with Gasteiger partial charge in [-0.15, -0.1) is 5.10 Å². The monoisotopic (exact) mass is 388 g/mol. The van der Waals surface area contributed by atoms with Crippen LogP contribution in [0.3, 0.4) is 0 Å². The van der Waals surface area contributed by atoms with Gasteiger partial charge in [-0.25, -0.2) is 9.48 Å². The van der Waals surface area contributed by atoms with Crippen LogP contribution < -0.4 is 15.7 Å². The number of amides is 1. The first-order chi connectivity index (χ1) is 13.5. The van der Waals surface area contributed by atoms with Crippen molar-refractivity contribution in [2.24, 2.45) is 0 Å². The zero-order valence-electron chi connectivity index (χ0n) is 14.8. The average molecular weight is 388 g/mol. The Hall–Kier alpha value is -3.49. The number of para-hydroxylation sites is 1. The van der Waals surface area contributed by atoms with Gasteiger partial charge >= 0.3 is 12.3 Å². The van der Waals surface area contributed by atoms with Crippen molar-refractivity contribution >= 4 is 17.6 Å². The molecule has 0 radical (unpaired) electrons. The predicted octanol–water partition coefficient (Wildman–Crippen LogP) is 2.32. The minimum Gasteiger partial charge on any atom is -0.434 e. The van der Waals surface area contributed by atoms with Crippen LogP contribution in [0.4, 0.5) is 8.78 Å². The molecule has 0 saturated carbocycles. The first kappa shape index (κ1) is 19.3. The molecule has 0 aliphatic heterocycles. The quantitative estimate of drug-likeness (QED) is 0.475. The molecule has 0 aliphatic carbocycles. The number of benzene rings is 1. The zero-order valence-corrected chi connectivity index (χ0v) is 14.8. The maximum Gasteiger partial charge on any atom is 0.387 e. The largest absolute Gasteiger partial charge is 0.434 e. The van der Waals surface area contributed by atoms with E-state index >= 15 is 0 Å². The summed E-state index contributed by atoms with van der Waals surface area (Å²) in [6.45, 7) is -2.25. The Morgan fingerprint density at radius 2 is 2.00 bits per heavy atom. The van der Waals surface area contributed by atoms with Gasteiger partial charge in [-0.2, -0.15) is 8.78 Å². The van der Waals surface area contributed by atoms with Gasteiger partial charge in [0.05, 0.1) is 0 Å². The first-order valence-corrected chi connectivity index (χ1v) is 8.58. The van der Waals surface area contributed by atoms with Crippen LogP contribution >= 0.6 is 0 Å². The Labute approximate surface area is 158 Å². The third-order valence-corrected chi connectivity index (χ3v) is 3.88. The molecule has 0 atom stereocenters. The Bertz CT molecular complexity index is 1040. The number of halogens is 2. The number of carbonyl (C=O) groups excluding carboxylic acids is 1. The number of hydrogen-bond donors (Lipinski definition) is 1. The number of aromatic nitrogens is 3. The molecule has 2 heterocycles. The normalized spacial score (nSPS) is 11.4. The van der Waals surface area contributed by atoms with Crippen molar-refractivity contribution in [1.29, 1.82) is 0 Å². The van der Waals surface area contributed by atoms with Crippen LogP contribution in [0.15, 0.2) is 59.5 Å². The maximum atomic E-state index is 12.4. The van der Waals surface area contributed by atoms with Crippen LogP contribution in [-0.4, -0.2) is 33.2 Å². The van der Waals surface area contributed by atoms with Gasteiger partial charge in [0, 0.05) is 30.9 Å². The second-order valence-electron chi connectivity index (χ2n) is 5.83. The van der Waals surface area contributed by atoms with E-state index in [0.717, 1.165) is 0 Å². The molecule has 28 heavy (non-hydrogen) atoms. The van der Waals surface area contributed by atoms with Gasteiger partial charge in [0.25, 0.3) is 0 Å². The number of ether oxygens (including phenoxy) is 1. The number of carbonyl (C=O) groups is 1. The molecule has 0 saturated heterocycles. The van der Waals surface area contributed by atoms with Gasteiger partial charge in [0.1, 0.15) is 5.75 Å². The Morgan fingerprint density at radius 1 is 1.21 bits per heavy atom. The predicted molar refractivity (Wildman–Crippen MR) is 99.2 cm³/mol. The van der Waals surface area contributed by atoms with E-state index in [9.17, 15) is 18.4 Å². The molecule has 3 aromatic rings. The van der Waals surface area contributed by atoms with Crippen molar-refractivity contribution in [3.63, 3.8) is 0 Å². The summed E-state index contributed by atoms with van der Waals surface area (Å²) in [5.41, 5.74) is 0.691. The lowest BCUT2D eigenvalue weighted by atomic mass is 10.2. The molecule has 146 valence electrons. The van der Waals surface area contributed by atoms with Gasteiger partial charge in [0.2, 0.25) is 5.91 Å². The summed E-state index contributed by atoms with van der Waals surface area (Å²) in [5, 5.41) is 6.88. The van der Waals surface area contributed by atoms with E-state index in [1.807, 2.05) is 0 Å². The average Bonchev–Trinajstić information content (AvgIpc) is 3.00. The fourth-order valence-corrected chi connectivity index (χ4v) is 2.60. The maximum absolute atomic E-state index is 12.4. The summed E-state index contributed by atoms with van der Waals surface area (Å²) in [5.74, 6) is -0.387. The molecular formula is C19H18F2N4O3. The van der Waals surface area contributed by atoms with E-state index in [4.69, 9.17) is 0 Å². The van der Waals surface area contributed by atoms with Gasteiger partial charge in [-0.05, 0) is 30.7 Å². The highest BCUT2D eigenvalue weighted by molar-refractivity contribution is 5.92. The zero-order chi connectivity index (χ0) is 19.9. The van der Waals surface area contributed by atoms with E-state index in [-0.39, 0.29) is 17.3 Å². The molecule has 0 unspecified atom stereocenters. The van der Waals surface area contributed by atoms with Crippen molar-refractivity contribution in [1.82, 2.24) is 19.5 Å².